The number of aromatic nitrogens is 2. The number of hydrogen-bond donors (Lipinski definition) is 3. The number of hydrogen-bond acceptors (Lipinski definition) is 3. The predicted molar refractivity (Wildman–Crippen MR) is 93.2 cm³/mol. The van der Waals surface area contributed by atoms with E-state index in [1.54, 1.807) is 12.3 Å². The summed E-state index contributed by atoms with van der Waals surface area (Å²) in [7, 11) is 0. The second-order valence-electron chi connectivity index (χ2n) is 5.92. The van der Waals surface area contributed by atoms with Gasteiger partial charge in [-0.25, -0.2) is 0 Å². The molecule has 5 nitrogen and oxygen atoms in total. The highest BCUT2D eigenvalue weighted by atomic mass is 16.1. The van der Waals surface area contributed by atoms with Gasteiger partial charge in [-0.3, -0.25) is 9.59 Å². The van der Waals surface area contributed by atoms with E-state index in [9.17, 15) is 9.59 Å². The van der Waals surface area contributed by atoms with Gasteiger partial charge in [0, 0.05) is 23.8 Å². The molecule has 0 fully saturated rings. The van der Waals surface area contributed by atoms with Gasteiger partial charge in [0.1, 0.15) is 5.69 Å². The Labute approximate surface area is 133 Å². The number of fused-ring (bicyclic) bond motifs is 1. The van der Waals surface area contributed by atoms with Gasteiger partial charge < -0.3 is 15.3 Å². The van der Waals surface area contributed by atoms with Crippen LogP contribution in [-0.4, -0.2) is 9.97 Å². The Morgan fingerprint density at radius 1 is 0.957 bits per heavy atom. The van der Waals surface area contributed by atoms with Crippen LogP contribution < -0.4 is 16.4 Å². The first-order chi connectivity index (χ1) is 10.9. The summed E-state index contributed by atoms with van der Waals surface area (Å²) in [6, 6.07) is 7.68. The van der Waals surface area contributed by atoms with Crippen LogP contribution in [0, 0.1) is 20.8 Å². The van der Waals surface area contributed by atoms with Crippen LogP contribution in [0.15, 0.2) is 40.1 Å². The molecule has 0 spiro atoms. The third-order valence-electron chi connectivity index (χ3n) is 4.05. The maximum Gasteiger partial charge on any atom is 0.271 e. The lowest BCUT2D eigenvalue weighted by molar-refractivity contribution is 1.07. The summed E-state index contributed by atoms with van der Waals surface area (Å²) in [4.78, 5) is 29.6. The zero-order valence-corrected chi connectivity index (χ0v) is 13.4. The molecular weight excluding hydrogens is 290 g/mol. The van der Waals surface area contributed by atoms with Crippen molar-refractivity contribution in [3.8, 4) is 0 Å². The monoisotopic (exact) mass is 309 g/mol. The molecule has 0 saturated heterocycles. The van der Waals surface area contributed by atoms with E-state index in [0.717, 1.165) is 22.0 Å². The molecule has 0 amide bonds. The Morgan fingerprint density at radius 2 is 1.70 bits per heavy atom. The Balaban J connectivity index is 1.95. The third-order valence-corrected chi connectivity index (χ3v) is 4.05. The van der Waals surface area contributed by atoms with Crippen LogP contribution in [0.3, 0.4) is 0 Å². The van der Waals surface area contributed by atoms with Gasteiger partial charge in [0.2, 0.25) is 0 Å². The molecule has 0 unspecified atom stereocenters. The Hall–Kier alpha value is -2.82. The zero-order chi connectivity index (χ0) is 16.6. The van der Waals surface area contributed by atoms with Gasteiger partial charge in [0.05, 0.1) is 0 Å². The molecular formula is C18H19N3O2. The molecule has 1 aromatic carbocycles. The van der Waals surface area contributed by atoms with Crippen molar-refractivity contribution < 1.29 is 0 Å². The van der Waals surface area contributed by atoms with Crippen molar-refractivity contribution >= 4 is 16.6 Å². The standard InChI is InChI=1S/C18H19N3O2/c1-10-4-16(18(23)20-8-10)19-9-14-7-13-5-11(2)12(3)6-15(13)21-17(14)22/h4-8,19H,9H2,1-3H3,(H,20,23)(H,21,22). The second kappa shape index (κ2) is 5.76. The lowest BCUT2D eigenvalue weighted by Gasteiger charge is -2.08. The van der Waals surface area contributed by atoms with Crippen LogP contribution >= 0.6 is 0 Å². The molecule has 0 radical (unpaired) electrons. The minimum Gasteiger partial charge on any atom is -0.376 e. The van der Waals surface area contributed by atoms with E-state index < -0.39 is 0 Å². The molecule has 2 heterocycles. The van der Waals surface area contributed by atoms with Gasteiger partial charge >= 0.3 is 0 Å². The molecule has 3 aromatic rings. The lowest BCUT2D eigenvalue weighted by atomic mass is 10.0. The van der Waals surface area contributed by atoms with Gasteiger partial charge in [-0.1, -0.05) is 0 Å². The van der Waals surface area contributed by atoms with E-state index >= 15 is 0 Å². The van der Waals surface area contributed by atoms with Crippen molar-refractivity contribution in [3.05, 3.63) is 73.4 Å². The maximum absolute atomic E-state index is 12.2. The number of nitrogens with one attached hydrogen (secondary N) is 3. The quantitative estimate of drug-likeness (QED) is 0.696. The van der Waals surface area contributed by atoms with Gasteiger partial charge in [0.15, 0.2) is 0 Å². The Morgan fingerprint density at radius 3 is 2.48 bits per heavy atom. The van der Waals surface area contributed by atoms with Crippen molar-refractivity contribution in [2.24, 2.45) is 0 Å². The molecule has 0 aliphatic rings. The summed E-state index contributed by atoms with van der Waals surface area (Å²) in [6.45, 7) is 6.26. The Kier molecular flexibility index (Phi) is 3.78. The number of benzene rings is 1. The number of anilines is 1. The summed E-state index contributed by atoms with van der Waals surface area (Å²) < 4.78 is 0. The number of rotatable bonds is 3. The molecule has 2 aromatic heterocycles. The molecule has 118 valence electrons. The molecule has 0 aliphatic carbocycles. The normalized spacial score (nSPS) is 10.9. The van der Waals surface area contributed by atoms with Crippen LogP contribution in [-0.2, 0) is 6.54 Å². The van der Waals surface area contributed by atoms with E-state index in [-0.39, 0.29) is 11.1 Å². The van der Waals surface area contributed by atoms with Crippen LogP contribution in [0.5, 0.6) is 0 Å². The Bertz CT molecular complexity index is 999. The van der Waals surface area contributed by atoms with Crippen LogP contribution in [0.1, 0.15) is 22.3 Å². The molecule has 23 heavy (non-hydrogen) atoms. The lowest BCUT2D eigenvalue weighted by Crippen LogP contribution is -2.19. The summed E-state index contributed by atoms with van der Waals surface area (Å²) >= 11 is 0. The molecule has 0 bridgehead atoms. The predicted octanol–water partition coefficient (Wildman–Crippen LogP) is 2.75. The number of H-pyrrole nitrogens is 2. The van der Waals surface area contributed by atoms with E-state index in [0.29, 0.717) is 17.8 Å². The number of pyridine rings is 2. The first-order valence-corrected chi connectivity index (χ1v) is 7.50. The topological polar surface area (TPSA) is 77.8 Å². The minimum absolute atomic E-state index is 0.141. The molecule has 0 atom stereocenters. The zero-order valence-electron chi connectivity index (χ0n) is 13.4. The van der Waals surface area contributed by atoms with Crippen LogP contribution in [0.4, 0.5) is 5.69 Å². The average molecular weight is 309 g/mol. The minimum atomic E-state index is -0.195. The molecule has 0 aliphatic heterocycles. The van der Waals surface area contributed by atoms with Gasteiger partial charge in [-0.2, -0.15) is 0 Å². The highest BCUT2D eigenvalue weighted by Gasteiger charge is 2.06. The molecule has 3 rings (SSSR count). The van der Waals surface area contributed by atoms with Crippen LogP contribution in [0.2, 0.25) is 0 Å². The van der Waals surface area contributed by atoms with E-state index in [1.807, 2.05) is 32.9 Å². The average Bonchev–Trinajstić information content (AvgIpc) is 2.50. The van der Waals surface area contributed by atoms with E-state index in [1.165, 1.54) is 5.56 Å². The second-order valence-corrected chi connectivity index (χ2v) is 5.92. The molecule has 5 heteroatoms. The maximum atomic E-state index is 12.2. The van der Waals surface area contributed by atoms with Gasteiger partial charge in [-0.15, -0.1) is 0 Å². The summed E-state index contributed by atoms with van der Waals surface area (Å²) in [5.41, 5.74) is 4.83. The SMILES string of the molecule is Cc1c[nH]c(=O)c(NCc2cc3cc(C)c(C)cc3[nH]c2=O)c1. The third kappa shape index (κ3) is 3.04. The summed E-state index contributed by atoms with van der Waals surface area (Å²) in [5, 5.41) is 4.03. The first-order valence-electron chi connectivity index (χ1n) is 7.50. The fourth-order valence-electron chi connectivity index (χ4n) is 2.57. The number of aryl methyl sites for hydroxylation is 3. The van der Waals surface area contributed by atoms with Crippen molar-refractivity contribution in [1.82, 2.24) is 9.97 Å². The van der Waals surface area contributed by atoms with Crippen molar-refractivity contribution in [2.45, 2.75) is 27.3 Å². The van der Waals surface area contributed by atoms with Gasteiger partial charge in [0.25, 0.3) is 11.1 Å². The smallest absolute Gasteiger partial charge is 0.271 e. The van der Waals surface area contributed by atoms with Gasteiger partial charge in [-0.05, 0) is 67.1 Å². The highest BCUT2D eigenvalue weighted by Crippen LogP contribution is 2.17. The number of aromatic amines is 2. The van der Waals surface area contributed by atoms with E-state index in [4.69, 9.17) is 0 Å². The van der Waals surface area contributed by atoms with Crippen molar-refractivity contribution in [1.29, 1.82) is 0 Å². The van der Waals surface area contributed by atoms with E-state index in [2.05, 4.69) is 21.4 Å². The van der Waals surface area contributed by atoms with Crippen LogP contribution in [0.25, 0.3) is 10.9 Å². The van der Waals surface area contributed by atoms with Crippen molar-refractivity contribution in [2.75, 3.05) is 5.32 Å². The summed E-state index contributed by atoms with van der Waals surface area (Å²) in [6.07, 6.45) is 1.65. The fraction of sp³-hybridized carbons (Fsp3) is 0.222. The largest absolute Gasteiger partial charge is 0.376 e. The molecule has 0 saturated carbocycles. The highest BCUT2D eigenvalue weighted by molar-refractivity contribution is 5.80. The summed E-state index contributed by atoms with van der Waals surface area (Å²) in [5.74, 6) is 0. The fourth-order valence-corrected chi connectivity index (χ4v) is 2.57. The molecule has 3 N–H and O–H groups in total. The first kappa shape index (κ1) is 15.1. The van der Waals surface area contributed by atoms with Crippen molar-refractivity contribution in [3.63, 3.8) is 0 Å².